The van der Waals surface area contributed by atoms with Gasteiger partial charge in [-0.3, -0.25) is 0 Å². The van der Waals surface area contributed by atoms with Crippen LogP contribution in [0.15, 0.2) is 30.3 Å². The topological polar surface area (TPSA) is 38.7 Å². The summed E-state index contributed by atoms with van der Waals surface area (Å²) in [7, 11) is 0. The van der Waals surface area contributed by atoms with Gasteiger partial charge in [-0.2, -0.15) is 0 Å². The smallest absolute Gasteiger partial charge is 0.162 e. The van der Waals surface area contributed by atoms with Crippen molar-refractivity contribution in [2.75, 3.05) is 13.2 Å². The maximum atomic E-state index is 8.77. The average molecular weight is 208 g/mol. The van der Waals surface area contributed by atoms with Crippen LogP contribution in [-0.4, -0.2) is 30.7 Å². The molecule has 0 radical (unpaired) electrons. The molecule has 0 bridgehead atoms. The Morgan fingerprint density at radius 1 is 1.27 bits per heavy atom. The van der Waals surface area contributed by atoms with E-state index < -0.39 is 0 Å². The molecule has 2 unspecified atom stereocenters. The van der Waals surface area contributed by atoms with Crippen molar-refractivity contribution in [3.8, 4) is 0 Å². The van der Waals surface area contributed by atoms with E-state index in [2.05, 4.69) is 12.1 Å². The van der Waals surface area contributed by atoms with Crippen molar-refractivity contribution >= 4 is 0 Å². The number of ether oxygens (including phenoxy) is 2. The van der Waals surface area contributed by atoms with Gasteiger partial charge in [-0.25, -0.2) is 0 Å². The maximum absolute atomic E-state index is 8.77. The maximum Gasteiger partial charge on any atom is 0.162 e. The lowest BCUT2D eigenvalue weighted by Crippen LogP contribution is -2.15. The highest BCUT2D eigenvalue weighted by Crippen LogP contribution is 2.17. The van der Waals surface area contributed by atoms with E-state index in [-0.39, 0.29) is 19.0 Å². The van der Waals surface area contributed by atoms with E-state index >= 15 is 0 Å². The number of rotatable bonds is 4. The van der Waals surface area contributed by atoms with Gasteiger partial charge in [0, 0.05) is 13.0 Å². The largest absolute Gasteiger partial charge is 0.396 e. The second-order valence-corrected chi connectivity index (χ2v) is 3.72. The molecule has 2 rings (SSSR count). The predicted molar refractivity (Wildman–Crippen MR) is 56.5 cm³/mol. The molecule has 3 nitrogen and oxygen atoms in total. The summed E-state index contributed by atoms with van der Waals surface area (Å²) in [6.07, 6.45) is 1.35. The molecule has 0 amide bonds. The molecule has 1 aliphatic rings. The first-order valence-corrected chi connectivity index (χ1v) is 5.30. The number of aliphatic hydroxyl groups is 1. The molecule has 1 fully saturated rings. The fourth-order valence-electron chi connectivity index (χ4n) is 1.72. The molecule has 15 heavy (non-hydrogen) atoms. The van der Waals surface area contributed by atoms with Gasteiger partial charge in [0.1, 0.15) is 0 Å². The molecule has 1 aliphatic heterocycles. The molecule has 1 aromatic carbocycles. The Hall–Kier alpha value is -0.900. The molecule has 2 atom stereocenters. The van der Waals surface area contributed by atoms with Gasteiger partial charge >= 0.3 is 0 Å². The van der Waals surface area contributed by atoms with Gasteiger partial charge in [0.05, 0.1) is 12.7 Å². The average Bonchev–Trinajstić information content (AvgIpc) is 2.68. The highest BCUT2D eigenvalue weighted by Gasteiger charge is 2.25. The van der Waals surface area contributed by atoms with E-state index in [1.807, 2.05) is 18.2 Å². The fraction of sp³-hybridized carbons (Fsp3) is 0.500. The highest BCUT2D eigenvalue weighted by molar-refractivity contribution is 5.15. The Kier molecular flexibility index (Phi) is 3.72. The zero-order valence-corrected chi connectivity index (χ0v) is 8.63. The molecule has 0 spiro atoms. The molecule has 0 aliphatic carbocycles. The third-order valence-corrected chi connectivity index (χ3v) is 2.51. The first-order chi connectivity index (χ1) is 7.38. The van der Waals surface area contributed by atoms with Crippen LogP contribution in [0.2, 0.25) is 0 Å². The van der Waals surface area contributed by atoms with Crippen molar-refractivity contribution < 1.29 is 14.6 Å². The number of hydrogen-bond donors (Lipinski definition) is 1. The minimum atomic E-state index is -0.149. The molecule has 0 saturated carbocycles. The van der Waals surface area contributed by atoms with Crippen molar-refractivity contribution in [3.05, 3.63) is 35.9 Å². The quantitative estimate of drug-likeness (QED) is 0.811. The Bertz CT molecular complexity index is 286. The van der Waals surface area contributed by atoms with E-state index in [4.69, 9.17) is 14.6 Å². The highest BCUT2D eigenvalue weighted by atomic mass is 16.7. The standard InChI is InChI=1S/C12H16O3/c13-7-6-11-9-14-12(15-11)8-10-4-2-1-3-5-10/h1-5,11-13H,6-9H2. The summed E-state index contributed by atoms with van der Waals surface area (Å²) in [5.74, 6) is 0. The Labute approximate surface area is 89.6 Å². The second-order valence-electron chi connectivity index (χ2n) is 3.72. The van der Waals surface area contributed by atoms with Gasteiger partial charge in [-0.05, 0) is 12.0 Å². The SMILES string of the molecule is OCCC1COC(Cc2ccccc2)O1. The van der Waals surface area contributed by atoms with Crippen LogP contribution in [0.4, 0.5) is 0 Å². The monoisotopic (exact) mass is 208 g/mol. The van der Waals surface area contributed by atoms with E-state index in [0.29, 0.717) is 13.0 Å². The molecule has 1 heterocycles. The molecule has 3 heteroatoms. The number of hydrogen-bond acceptors (Lipinski definition) is 3. The van der Waals surface area contributed by atoms with Gasteiger partial charge in [0.2, 0.25) is 0 Å². The Morgan fingerprint density at radius 2 is 2.07 bits per heavy atom. The van der Waals surface area contributed by atoms with Gasteiger partial charge < -0.3 is 14.6 Å². The zero-order valence-electron chi connectivity index (χ0n) is 8.63. The summed E-state index contributed by atoms with van der Waals surface area (Å²) in [6, 6.07) is 10.1. The predicted octanol–water partition coefficient (Wildman–Crippen LogP) is 1.35. The van der Waals surface area contributed by atoms with Crippen LogP contribution in [0.5, 0.6) is 0 Å². The van der Waals surface area contributed by atoms with Gasteiger partial charge in [0.25, 0.3) is 0 Å². The first kappa shape index (κ1) is 10.6. The molecule has 1 saturated heterocycles. The molecule has 1 aromatic rings. The Morgan fingerprint density at radius 3 is 2.80 bits per heavy atom. The van der Waals surface area contributed by atoms with Crippen molar-refractivity contribution in [1.82, 2.24) is 0 Å². The summed E-state index contributed by atoms with van der Waals surface area (Å²) in [5.41, 5.74) is 1.21. The Balaban J connectivity index is 1.82. The van der Waals surface area contributed by atoms with Crippen molar-refractivity contribution in [1.29, 1.82) is 0 Å². The molecular formula is C12H16O3. The third-order valence-electron chi connectivity index (χ3n) is 2.51. The summed E-state index contributed by atoms with van der Waals surface area (Å²) in [5, 5.41) is 8.77. The third kappa shape index (κ3) is 3.02. The van der Waals surface area contributed by atoms with E-state index in [9.17, 15) is 0 Å². The molecule has 0 aromatic heterocycles. The summed E-state index contributed by atoms with van der Waals surface area (Å²) >= 11 is 0. The lowest BCUT2D eigenvalue weighted by Gasteiger charge is -2.10. The fourth-order valence-corrected chi connectivity index (χ4v) is 1.72. The lowest BCUT2D eigenvalue weighted by atomic mass is 10.1. The van der Waals surface area contributed by atoms with Crippen LogP contribution in [0.25, 0.3) is 0 Å². The van der Waals surface area contributed by atoms with E-state index in [1.165, 1.54) is 5.56 Å². The van der Waals surface area contributed by atoms with E-state index in [1.54, 1.807) is 0 Å². The molecule has 1 N–H and O–H groups in total. The molecule has 82 valence electrons. The number of benzene rings is 1. The van der Waals surface area contributed by atoms with Crippen molar-refractivity contribution in [2.24, 2.45) is 0 Å². The lowest BCUT2D eigenvalue weighted by molar-refractivity contribution is -0.0583. The first-order valence-electron chi connectivity index (χ1n) is 5.30. The van der Waals surface area contributed by atoms with Crippen LogP contribution in [0.3, 0.4) is 0 Å². The summed E-state index contributed by atoms with van der Waals surface area (Å²) in [6.45, 7) is 0.754. The van der Waals surface area contributed by atoms with Crippen LogP contribution >= 0.6 is 0 Å². The minimum absolute atomic E-state index is 0.0590. The summed E-state index contributed by atoms with van der Waals surface area (Å²) in [4.78, 5) is 0. The van der Waals surface area contributed by atoms with Crippen molar-refractivity contribution in [3.63, 3.8) is 0 Å². The van der Waals surface area contributed by atoms with Gasteiger partial charge in [-0.1, -0.05) is 30.3 Å². The van der Waals surface area contributed by atoms with Crippen molar-refractivity contribution in [2.45, 2.75) is 25.2 Å². The normalized spacial score (nSPS) is 25.7. The molecular weight excluding hydrogens is 192 g/mol. The minimum Gasteiger partial charge on any atom is -0.396 e. The second kappa shape index (κ2) is 5.26. The summed E-state index contributed by atoms with van der Waals surface area (Å²) < 4.78 is 11.1. The van der Waals surface area contributed by atoms with Gasteiger partial charge in [-0.15, -0.1) is 0 Å². The van der Waals surface area contributed by atoms with E-state index in [0.717, 1.165) is 6.42 Å². The van der Waals surface area contributed by atoms with Crippen LogP contribution in [-0.2, 0) is 15.9 Å². The van der Waals surface area contributed by atoms with Gasteiger partial charge in [0.15, 0.2) is 6.29 Å². The van der Waals surface area contributed by atoms with Crippen LogP contribution in [0.1, 0.15) is 12.0 Å². The van der Waals surface area contributed by atoms with Crippen LogP contribution < -0.4 is 0 Å². The zero-order chi connectivity index (χ0) is 10.5. The van der Waals surface area contributed by atoms with Crippen LogP contribution in [0, 0.1) is 0 Å². The number of aliphatic hydroxyl groups excluding tert-OH is 1.